The third-order valence-electron chi connectivity index (χ3n) is 5.19. The molecule has 0 spiro atoms. The highest BCUT2D eigenvalue weighted by molar-refractivity contribution is 6.42. The molecule has 1 aromatic heterocycles. The number of carbonyl (C=O) groups excluding carboxylic acids is 3. The van der Waals surface area contributed by atoms with Gasteiger partial charge in [0.25, 0.3) is 5.91 Å². The summed E-state index contributed by atoms with van der Waals surface area (Å²) in [5.74, 6) is -1.80. The van der Waals surface area contributed by atoms with Crippen molar-refractivity contribution in [2.24, 2.45) is 0 Å². The second kappa shape index (κ2) is 10.1. The van der Waals surface area contributed by atoms with E-state index in [1.165, 1.54) is 11.8 Å². The molecule has 0 aliphatic carbocycles. The summed E-state index contributed by atoms with van der Waals surface area (Å²) in [6.07, 6.45) is 0. The van der Waals surface area contributed by atoms with Crippen LogP contribution >= 0.6 is 23.2 Å². The molecule has 0 saturated carbocycles. The second-order valence-electron chi connectivity index (χ2n) is 7.61. The average molecular weight is 511 g/mol. The van der Waals surface area contributed by atoms with E-state index in [4.69, 9.17) is 27.9 Å². The van der Waals surface area contributed by atoms with Crippen LogP contribution in [0.5, 0.6) is 5.75 Å². The fourth-order valence-electron chi connectivity index (χ4n) is 3.35. The molecule has 35 heavy (non-hydrogen) atoms. The predicted octanol–water partition coefficient (Wildman–Crippen LogP) is 5.23. The number of nitrogens with one attached hydrogen (secondary N) is 3. The maximum absolute atomic E-state index is 13.1. The second-order valence-corrected chi connectivity index (χ2v) is 8.45. The molecule has 0 aliphatic heterocycles. The lowest BCUT2D eigenvalue weighted by molar-refractivity contribution is -0.133. The van der Waals surface area contributed by atoms with Gasteiger partial charge in [0.1, 0.15) is 11.4 Å². The van der Waals surface area contributed by atoms with Crippen LogP contribution in [0.4, 0.5) is 11.4 Å². The Bertz CT molecular complexity index is 1450. The van der Waals surface area contributed by atoms with Crippen molar-refractivity contribution in [1.29, 1.82) is 0 Å². The molecular weight excluding hydrogens is 491 g/mol. The average Bonchev–Trinajstić information content (AvgIpc) is 3.19. The van der Waals surface area contributed by atoms with E-state index in [2.05, 4.69) is 16.1 Å². The van der Waals surface area contributed by atoms with Crippen molar-refractivity contribution >= 4 is 63.2 Å². The van der Waals surface area contributed by atoms with E-state index in [1.807, 2.05) is 6.92 Å². The Morgan fingerprint density at radius 1 is 0.829 bits per heavy atom. The zero-order chi connectivity index (χ0) is 25.1. The highest BCUT2D eigenvalue weighted by atomic mass is 35.5. The van der Waals surface area contributed by atoms with Gasteiger partial charge >= 0.3 is 11.8 Å². The maximum Gasteiger partial charge on any atom is 0.328 e. The molecule has 8 nitrogen and oxygen atoms in total. The first-order chi connectivity index (χ1) is 16.7. The van der Waals surface area contributed by atoms with Gasteiger partial charge in [-0.2, -0.15) is 0 Å². The largest absolute Gasteiger partial charge is 0.497 e. The highest BCUT2D eigenvalue weighted by Crippen LogP contribution is 2.25. The number of hydrogen-bond donors (Lipinski definition) is 3. The number of carbonyl (C=O) groups is 3. The number of amides is 3. The minimum absolute atomic E-state index is 0.0876. The van der Waals surface area contributed by atoms with Crippen molar-refractivity contribution in [3.8, 4) is 5.75 Å². The van der Waals surface area contributed by atoms with E-state index in [-0.39, 0.29) is 5.69 Å². The molecule has 3 aromatic carbocycles. The number of rotatable bonds is 5. The van der Waals surface area contributed by atoms with Crippen LogP contribution in [0.2, 0.25) is 10.0 Å². The number of benzene rings is 3. The van der Waals surface area contributed by atoms with E-state index in [1.54, 1.807) is 66.7 Å². The summed E-state index contributed by atoms with van der Waals surface area (Å²) in [7, 11) is 1.52. The topological polar surface area (TPSA) is 101 Å². The van der Waals surface area contributed by atoms with Crippen LogP contribution in [0.3, 0.4) is 0 Å². The molecule has 0 radical (unpaired) electrons. The van der Waals surface area contributed by atoms with Gasteiger partial charge in [-0.1, -0.05) is 29.3 Å². The van der Waals surface area contributed by atoms with Crippen LogP contribution in [0.15, 0.2) is 66.7 Å². The zero-order valence-electron chi connectivity index (χ0n) is 18.7. The van der Waals surface area contributed by atoms with Crippen molar-refractivity contribution in [3.63, 3.8) is 0 Å². The number of methoxy groups -OCH3 is 1. The minimum Gasteiger partial charge on any atom is -0.497 e. The van der Waals surface area contributed by atoms with Crippen molar-refractivity contribution in [2.45, 2.75) is 6.92 Å². The van der Waals surface area contributed by atoms with Gasteiger partial charge in [-0.25, -0.2) is 4.68 Å². The summed E-state index contributed by atoms with van der Waals surface area (Å²) in [6.45, 7) is 1.85. The van der Waals surface area contributed by atoms with Crippen molar-refractivity contribution in [1.82, 2.24) is 4.68 Å². The molecule has 0 saturated heterocycles. The lowest BCUT2D eigenvalue weighted by atomic mass is 10.2. The number of ether oxygens (including phenoxy) is 1. The number of hydrogen-bond acceptors (Lipinski definition) is 4. The first-order valence-corrected chi connectivity index (χ1v) is 11.2. The summed E-state index contributed by atoms with van der Waals surface area (Å²) >= 11 is 12.3. The molecule has 0 unspecified atom stereocenters. The quantitative estimate of drug-likeness (QED) is 0.320. The van der Waals surface area contributed by atoms with Crippen LogP contribution in [0, 0.1) is 6.92 Å². The number of aryl methyl sites for hydroxylation is 1. The first kappa shape index (κ1) is 24.1. The molecule has 0 fully saturated rings. The molecule has 3 amide bonds. The summed E-state index contributed by atoms with van der Waals surface area (Å²) in [5.41, 5.74) is 4.81. The lowest BCUT2D eigenvalue weighted by Crippen LogP contribution is -2.36. The molecule has 1 heterocycles. The SMILES string of the molecule is COc1ccc(NC(=O)C(=O)Nn2c(C(=O)Nc3ccc(C)c(Cl)c3)cc3cc(Cl)ccc32)cc1. The van der Waals surface area contributed by atoms with Gasteiger partial charge in [0.2, 0.25) is 0 Å². The summed E-state index contributed by atoms with van der Waals surface area (Å²) in [6, 6.07) is 18.1. The van der Waals surface area contributed by atoms with E-state index in [9.17, 15) is 14.4 Å². The number of nitrogens with zero attached hydrogens (tertiary/aromatic N) is 1. The summed E-state index contributed by atoms with van der Waals surface area (Å²) < 4.78 is 6.32. The lowest BCUT2D eigenvalue weighted by Gasteiger charge is -2.13. The van der Waals surface area contributed by atoms with E-state index >= 15 is 0 Å². The van der Waals surface area contributed by atoms with E-state index < -0.39 is 17.7 Å². The van der Waals surface area contributed by atoms with Crippen LogP contribution < -0.4 is 20.8 Å². The number of halogens is 2. The van der Waals surface area contributed by atoms with Crippen molar-refractivity contribution in [3.05, 3.63) is 88.0 Å². The molecule has 10 heteroatoms. The fourth-order valence-corrected chi connectivity index (χ4v) is 3.72. The minimum atomic E-state index is -0.972. The van der Waals surface area contributed by atoms with Gasteiger partial charge in [-0.3, -0.25) is 19.8 Å². The third kappa shape index (κ3) is 5.40. The fraction of sp³-hybridized carbons (Fsp3) is 0.0800. The van der Waals surface area contributed by atoms with Crippen LogP contribution in [0.25, 0.3) is 10.9 Å². The Morgan fingerprint density at radius 2 is 1.54 bits per heavy atom. The predicted molar refractivity (Wildman–Crippen MR) is 137 cm³/mol. The van der Waals surface area contributed by atoms with Crippen molar-refractivity contribution < 1.29 is 19.1 Å². The molecule has 0 aliphatic rings. The Hall–Kier alpha value is -4.01. The van der Waals surface area contributed by atoms with Gasteiger partial charge < -0.3 is 15.4 Å². The van der Waals surface area contributed by atoms with Gasteiger partial charge in [0.05, 0.1) is 12.6 Å². The van der Waals surface area contributed by atoms with Crippen LogP contribution in [-0.2, 0) is 9.59 Å². The zero-order valence-corrected chi connectivity index (χ0v) is 20.2. The monoisotopic (exact) mass is 510 g/mol. The Morgan fingerprint density at radius 3 is 2.23 bits per heavy atom. The normalized spacial score (nSPS) is 10.6. The maximum atomic E-state index is 13.1. The highest BCUT2D eigenvalue weighted by Gasteiger charge is 2.21. The molecule has 178 valence electrons. The first-order valence-electron chi connectivity index (χ1n) is 10.4. The molecule has 0 bridgehead atoms. The van der Waals surface area contributed by atoms with Gasteiger partial charge in [-0.15, -0.1) is 0 Å². The summed E-state index contributed by atoms with van der Waals surface area (Å²) in [4.78, 5) is 38.4. The molecule has 4 aromatic rings. The number of fused-ring (bicyclic) bond motifs is 1. The van der Waals surface area contributed by atoms with Crippen LogP contribution in [-0.4, -0.2) is 29.5 Å². The molecule has 4 rings (SSSR count). The van der Waals surface area contributed by atoms with Crippen molar-refractivity contribution in [2.75, 3.05) is 23.2 Å². The smallest absolute Gasteiger partial charge is 0.328 e. The van der Waals surface area contributed by atoms with Gasteiger partial charge in [0.15, 0.2) is 0 Å². The van der Waals surface area contributed by atoms with Gasteiger partial charge in [-0.05, 0) is 73.2 Å². The standard InChI is InChI=1S/C25H20Cl2N4O4/c1-14-3-5-18(13-20(14)27)29-23(32)22-12-15-11-16(26)4-10-21(15)31(22)30-25(34)24(33)28-17-6-8-19(35-2)9-7-17/h3-13H,1-2H3,(H,28,33)(H,29,32)(H,30,34). The Balaban J connectivity index is 1.60. The number of anilines is 2. The molecule has 3 N–H and O–H groups in total. The molecular formula is C25H20Cl2N4O4. The molecule has 0 atom stereocenters. The summed E-state index contributed by atoms with van der Waals surface area (Å²) in [5, 5.41) is 6.81. The Labute approximate surface area is 210 Å². The third-order valence-corrected chi connectivity index (χ3v) is 5.84. The number of aromatic nitrogens is 1. The van der Waals surface area contributed by atoms with Crippen LogP contribution in [0.1, 0.15) is 16.1 Å². The van der Waals surface area contributed by atoms with E-state index in [0.29, 0.717) is 38.1 Å². The van der Waals surface area contributed by atoms with E-state index in [0.717, 1.165) is 5.56 Å². The Kier molecular flexibility index (Phi) is 6.95. The van der Waals surface area contributed by atoms with Gasteiger partial charge in [0, 0.05) is 26.8 Å².